The standard InChI is InChI=1S/C14H15ClN2O2S/c15-13-5-3-4-12(10-13)11-17-20(18,19)9-7-14-6-1-2-8-16-14/h1-6,8,10,17H,7,9,11H2. The summed E-state index contributed by atoms with van der Waals surface area (Å²) in [7, 11) is -3.32. The summed E-state index contributed by atoms with van der Waals surface area (Å²) in [5.41, 5.74) is 1.60. The first-order valence-electron chi connectivity index (χ1n) is 6.17. The van der Waals surface area contributed by atoms with Crippen LogP contribution in [-0.4, -0.2) is 19.2 Å². The molecule has 0 radical (unpaired) electrons. The van der Waals surface area contributed by atoms with Crippen LogP contribution in [0.1, 0.15) is 11.3 Å². The number of pyridine rings is 1. The Balaban J connectivity index is 1.88. The fourth-order valence-electron chi connectivity index (χ4n) is 1.70. The molecular formula is C14H15ClN2O2S. The van der Waals surface area contributed by atoms with E-state index in [0.717, 1.165) is 11.3 Å². The van der Waals surface area contributed by atoms with Crippen LogP contribution in [0.25, 0.3) is 0 Å². The van der Waals surface area contributed by atoms with E-state index >= 15 is 0 Å². The zero-order valence-corrected chi connectivity index (χ0v) is 12.4. The Bertz CT molecular complexity index is 660. The maximum absolute atomic E-state index is 11.9. The maximum Gasteiger partial charge on any atom is 0.212 e. The van der Waals surface area contributed by atoms with Crippen LogP contribution in [0.4, 0.5) is 0 Å². The van der Waals surface area contributed by atoms with Crippen molar-refractivity contribution in [2.75, 3.05) is 5.75 Å². The molecule has 0 saturated heterocycles. The second-order valence-corrected chi connectivity index (χ2v) is 6.70. The summed E-state index contributed by atoms with van der Waals surface area (Å²) >= 11 is 5.85. The third-order valence-corrected chi connectivity index (χ3v) is 4.30. The number of nitrogens with zero attached hydrogens (tertiary/aromatic N) is 1. The van der Waals surface area contributed by atoms with Crippen molar-refractivity contribution in [2.45, 2.75) is 13.0 Å². The second-order valence-electron chi connectivity index (χ2n) is 4.34. The monoisotopic (exact) mass is 310 g/mol. The summed E-state index contributed by atoms with van der Waals surface area (Å²) in [6.07, 6.45) is 2.05. The number of benzene rings is 1. The highest BCUT2D eigenvalue weighted by Crippen LogP contribution is 2.10. The van der Waals surface area contributed by atoms with E-state index in [0.29, 0.717) is 11.4 Å². The smallest absolute Gasteiger partial charge is 0.212 e. The third-order valence-electron chi connectivity index (χ3n) is 2.74. The molecule has 6 heteroatoms. The molecule has 20 heavy (non-hydrogen) atoms. The molecule has 0 fully saturated rings. The molecule has 1 aromatic heterocycles. The Kier molecular flexibility index (Phi) is 5.11. The lowest BCUT2D eigenvalue weighted by Gasteiger charge is -2.07. The molecule has 1 heterocycles. The maximum atomic E-state index is 11.9. The summed E-state index contributed by atoms with van der Waals surface area (Å²) < 4.78 is 26.3. The van der Waals surface area contributed by atoms with Crippen molar-refractivity contribution < 1.29 is 8.42 Å². The minimum absolute atomic E-state index is 0.0184. The fourth-order valence-corrected chi connectivity index (χ4v) is 2.92. The van der Waals surface area contributed by atoms with Crippen LogP contribution in [0, 0.1) is 0 Å². The van der Waals surface area contributed by atoms with Gasteiger partial charge < -0.3 is 0 Å². The highest BCUT2D eigenvalue weighted by Gasteiger charge is 2.10. The summed E-state index contributed by atoms with van der Waals surface area (Å²) in [6, 6.07) is 12.6. The minimum atomic E-state index is -3.32. The Morgan fingerprint density at radius 2 is 2.00 bits per heavy atom. The van der Waals surface area contributed by atoms with Gasteiger partial charge in [0.1, 0.15) is 0 Å². The topological polar surface area (TPSA) is 59.1 Å². The van der Waals surface area contributed by atoms with Gasteiger partial charge in [0.25, 0.3) is 0 Å². The van der Waals surface area contributed by atoms with Crippen LogP contribution in [0.2, 0.25) is 5.02 Å². The Labute approximate surface area is 123 Å². The molecule has 1 N–H and O–H groups in total. The first kappa shape index (κ1) is 15.0. The predicted molar refractivity (Wildman–Crippen MR) is 80.0 cm³/mol. The Hall–Kier alpha value is -1.43. The highest BCUT2D eigenvalue weighted by atomic mass is 35.5. The van der Waals surface area contributed by atoms with Crippen LogP contribution in [0.3, 0.4) is 0 Å². The van der Waals surface area contributed by atoms with Crippen molar-refractivity contribution in [1.82, 2.24) is 9.71 Å². The first-order chi connectivity index (χ1) is 9.55. The molecule has 0 saturated carbocycles. The largest absolute Gasteiger partial charge is 0.261 e. The van der Waals surface area contributed by atoms with Gasteiger partial charge in [-0.15, -0.1) is 0 Å². The lowest BCUT2D eigenvalue weighted by Crippen LogP contribution is -2.27. The molecule has 0 aliphatic carbocycles. The molecule has 0 atom stereocenters. The summed E-state index contributed by atoms with van der Waals surface area (Å²) in [6.45, 7) is 0.241. The molecule has 4 nitrogen and oxygen atoms in total. The van der Waals surface area contributed by atoms with Crippen LogP contribution < -0.4 is 4.72 Å². The van der Waals surface area contributed by atoms with Gasteiger partial charge in [-0.05, 0) is 29.8 Å². The Morgan fingerprint density at radius 1 is 1.15 bits per heavy atom. The lowest BCUT2D eigenvalue weighted by atomic mass is 10.2. The summed E-state index contributed by atoms with van der Waals surface area (Å²) in [4.78, 5) is 4.10. The van der Waals surface area contributed by atoms with Gasteiger partial charge in [-0.25, -0.2) is 13.1 Å². The van der Waals surface area contributed by atoms with E-state index in [4.69, 9.17) is 11.6 Å². The number of sulfonamides is 1. The minimum Gasteiger partial charge on any atom is -0.261 e. The summed E-state index contributed by atoms with van der Waals surface area (Å²) in [5.74, 6) is 0.0184. The number of hydrogen-bond donors (Lipinski definition) is 1. The zero-order chi connectivity index (χ0) is 14.4. The number of rotatable bonds is 6. The molecular weight excluding hydrogens is 296 g/mol. The molecule has 0 aliphatic heterocycles. The van der Waals surface area contributed by atoms with Crippen LogP contribution in [0.15, 0.2) is 48.7 Å². The van der Waals surface area contributed by atoms with Crippen LogP contribution >= 0.6 is 11.6 Å². The van der Waals surface area contributed by atoms with Gasteiger partial charge in [0, 0.05) is 29.9 Å². The fraction of sp³-hybridized carbons (Fsp3) is 0.214. The van der Waals surface area contributed by atoms with Gasteiger partial charge in [0.15, 0.2) is 0 Å². The van der Waals surface area contributed by atoms with Crippen LogP contribution in [-0.2, 0) is 23.0 Å². The van der Waals surface area contributed by atoms with E-state index in [1.807, 2.05) is 18.2 Å². The molecule has 1 aromatic carbocycles. The number of aryl methyl sites for hydroxylation is 1. The quantitative estimate of drug-likeness (QED) is 0.891. The molecule has 0 aliphatic rings. The van der Waals surface area contributed by atoms with Crippen molar-refractivity contribution in [2.24, 2.45) is 0 Å². The van der Waals surface area contributed by atoms with Gasteiger partial charge >= 0.3 is 0 Å². The van der Waals surface area contributed by atoms with E-state index in [9.17, 15) is 8.42 Å². The Morgan fingerprint density at radius 3 is 2.70 bits per heavy atom. The number of aromatic nitrogens is 1. The van der Waals surface area contributed by atoms with Crippen LogP contribution in [0.5, 0.6) is 0 Å². The first-order valence-corrected chi connectivity index (χ1v) is 8.20. The molecule has 106 valence electrons. The number of nitrogens with one attached hydrogen (secondary N) is 1. The van der Waals surface area contributed by atoms with E-state index in [2.05, 4.69) is 9.71 Å². The lowest BCUT2D eigenvalue weighted by molar-refractivity contribution is 0.580. The molecule has 2 aromatic rings. The normalized spacial score (nSPS) is 11.4. The van der Waals surface area contributed by atoms with Gasteiger partial charge in [-0.3, -0.25) is 4.98 Å². The van der Waals surface area contributed by atoms with E-state index in [-0.39, 0.29) is 12.3 Å². The molecule has 0 spiro atoms. The van der Waals surface area contributed by atoms with Gasteiger partial charge in [0.05, 0.1) is 5.75 Å². The van der Waals surface area contributed by atoms with Gasteiger partial charge in [-0.1, -0.05) is 29.8 Å². The molecule has 0 amide bonds. The average molecular weight is 311 g/mol. The van der Waals surface area contributed by atoms with Crippen molar-refractivity contribution in [3.8, 4) is 0 Å². The third kappa shape index (κ3) is 4.92. The van der Waals surface area contributed by atoms with Crippen molar-refractivity contribution in [1.29, 1.82) is 0 Å². The van der Waals surface area contributed by atoms with E-state index < -0.39 is 10.0 Å². The van der Waals surface area contributed by atoms with E-state index in [1.54, 1.807) is 30.5 Å². The van der Waals surface area contributed by atoms with E-state index in [1.165, 1.54) is 0 Å². The van der Waals surface area contributed by atoms with Crippen molar-refractivity contribution >= 4 is 21.6 Å². The number of hydrogen-bond acceptors (Lipinski definition) is 3. The van der Waals surface area contributed by atoms with Crippen molar-refractivity contribution in [3.63, 3.8) is 0 Å². The number of halogens is 1. The van der Waals surface area contributed by atoms with Crippen molar-refractivity contribution in [3.05, 3.63) is 64.9 Å². The summed E-state index contributed by atoms with van der Waals surface area (Å²) in [5, 5.41) is 0.593. The average Bonchev–Trinajstić information content (AvgIpc) is 2.45. The SMILES string of the molecule is O=S(=O)(CCc1ccccn1)NCc1cccc(Cl)c1. The predicted octanol–water partition coefficient (Wildman–Crippen LogP) is 2.40. The highest BCUT2D eigenvalue weighted by molar-refractivity contribution is 7.89. The molecule has 0 unspecified atom stereocenters. The van der Waals surface area contributed by atoms with Gasteiger partial charge in [-0.2, -0.15) is 0 Å². The zero-order valence-electron chi connectivity index (χ0n) is 10.8. The molecule has 2 rings (SSSR count). The van der Waals surface area contributed by atoms with Gasteiger partial charge in [0.2, 0.25) is 10.0 Å². The second kappa shape index (κ2) is 6.83. The molecule has 0 bridgehead atoms.